The number of hydrogen-bond acceptors (Lipinski definition) is 3. The minimum Gasteiger partial charge on any atom is -0.347 e. The molecule has 0 spiro atoms. The summed E-state index contributed by atoms with van der Waals surface area (Å²) in [4.78, 5) is 14.7. The highest BCUT2D eigenvalue weighted by Crippen LogP contribution is 2.15. The van der Waals surface area contributed by atoms with E-state index in [1.54, 1.807) is 11.3 Å². The summed E-state index contributed by atoms with van der Waals surface area (Å²) in [5.41, 5.74) is 1.86. The lowest BCUT2D eigenvalue weighted by atomic mass is 10.0. The largest absolute Gasteiger partial charge is 0.347 e. The topological polar surface area (TPSA) is 41.1 Å². The van der Waals surface area contributed by atoms with E-state index in [0.29, 0.717) is 6.54 Å². The zero-order valence-electron chi connectivity index (χ0n) is 11.9. The molecule has 2 aromatic rings. The van der Waals surface area contributed by atoms with Crippen LogP contribution >= 0.6 is 11.3 Å². The molecule has 2 N–H and O–H groups in total. The van der Waals surface area contributed by atoms with Gasteiger partial charge in [0.05, 0.1) is 6.54 Å². The number of aryl methyl sites for hydroxylation is 1. The van der Waals surface area contributed by atoms with E-state index >= 15 is 0 Å². The molecule has 0 aliphatic rings. The molecule has 20 heavy (non-hydrogen) atoms. The molecule has 4 heteroatoms. The van der Waals surface area contributed by atoms with E-state index < -0.39 is 0 Å². The van der Waals surface area contributed by atoms with Crippen molar-refractivity contribution in [3.63, 3.8) is 0 Å². The van der Waals surface area contributed by atoms with Crippen molar-refractivity contribution in [2.45, 2.75) is 19.9 Å². The van der Waals surface area contributed by atoms with Gasteiger partial charge in [-0.05, 0) is 50.7 Å². The summed E-state index contributed by atoms with van der Waals surface area (Å²) in [6, 6.07) is 11.9. The maximum absolute atomic E-state index is 12.3. The van der Waals surface area contributed by atoms with Gasteiger partial charge in [0, 0.05) is 15.3 Å². The lowest BCUT2D eigenvalue weighted by molar-refractivity contribution is 0.0950. The molecule has 0 unspecified atom stereocenters. The molecule has 1 heterocycles. The van der Waals surface area contributed by atoms with Crippen molar-refractivity contribution in [1.82, 2.24) is 10.6 Å². The Balaban J connectivity index is 2.01. The predicted octanol–water partition coefficient (Wildman–Crippen LogP) is 2.75. The van der Waals surface area contributed by atoms with Gasteiger partial charge in [-0.1, -0.05) is 18.2 Å². The number of hydrogen-bond donors (Lipinski definition) is 2. The van der Waals surface area contributed by atoms with Crippen molar-refractivity contribution in [2.24, 2.45) is 0 Å². The number of thiophene rings is 1. The van der Waals surface area contributed by atoms with Crippen LogP contribution in [0.2, 0.25) is 0 Å². The fourth-order valence-corrected chi connectivity index (χ4v) is 2.89. The van der Waals surface area contributed by atoms with Crippen LogP contribution in [0.15, 0.2) is 36.4 Å². The third-order valence-corrected chi connectivity index (χ3v) is 4.13. The molecule has 1 aromatic heterocycles. The van der Waals surface area contributed by atoms with Crippen molar-refractivity contribution in [2.75, 3.05) is 13.6 Å². The molecule has 0 bridgehead atoms. The maximum Gasteiger partial charge on any atom is 0.251 e. The Labute approximate surface area is 124 Å². The Morgan fingerprint density at radius 3 is 2.70 bits per heavy atom. The summed E-state index contributed by atoms with van der Waals surface area (Å²) in [5.74, 6) is 0.00255. The monoisotopic (exact) mass is 288 g/mol. The van der Waals surface area contributed by atoms with Gasteiger partial charge < -0.3 is 10.6 Å². The highest BCUT2D eigenvalue weighted by atomic mass is 32.1. The fraction of sp³-hybridized carbons (Fsp3) is 0.312. The second-order valence-corrected chi connectivity index (χ2v) is 6.08. The summed E-state index contributed by atoms with van der Waals surface area (Å²) >= 11 is 1.72. The van der Waals surface area contributed by atoms with Gasteiger partial charge in [-0.2, -0.15) is 0 Å². The molecule has 1 amide bonds. The third kappa shape index (κ3) is 3.92. The molecular formula is C16H20N2OS. The first-order valence-corrected chi connectivity index (χ1v) is 7.58. The first-order chi connectivity index (χ1) is 9.70. The molecule has 106 valence electrons. The van der Waals surface area contributed by atoms with Crippen molar-refractivity contribution in [3.05, 3.63) is 57.3 Å². The third-order valence-electron chi connectivity index (χ3n) is 3.13. The Kier molecular flexibility index (Phi) is 5.32. The molecule has 0 atom stereocenters. The Bertz CT molecular complexity index is 577. The first-order valence-electron chi connectivity index (χ1n) is 6.76. The van der Waals surface area contributed by atoms with Gasteiger partial charge in [0.2, 0.25) is 0 Å². The Morgan fingerprint density at radius 2 is 2.00 bits per heavy atom. The molecule has 1 aromatic carbocycles. The van der Waals surface area contributed by atoms with E-state index in [0.717, 1.165) is 24.1 Å². The van der Waals surface area contributed by atoms with Crippen LogP contribution in [0.25, 0.3) is 0 Å². The smallest absolute Gasteiger partial charge is 0.251 e. The molecule has 0 saturated heterocycles. The average molecular weight is 288 g/mol. The fourth-order valence-electron chi connectivity index (χ4n) is 2.06. The van der Waals surface area contributed by atoms with Crippen molar-refractivity contribution in [1.29, 1.82) is 0 Å². The van der Waals surface area contributed by atoms with E-state index in [9.17, 15) is 4.79 Å². The van der Waals surface area contributed by atoms with Gasteiger partial charge >= 0.3 is 0 Å². The molecule has 2 rings (SSSR count). The standard InChI is InChI=1S/C16H20N2OS/c1-12-7-8-14(20-12)11-18-16(19)15-6-4-3-5-13(15)9-10-17-2/h3-8,17H,9-11H2,1-2H3,(H,18,19). The van der Waals surface area contributed by atoms with Crippen LogP contribution in [0, 0.1) is 6.92 Å². The number of carbonyl (C=O) groups is 1. The predicted molar refractivity (Wildman–Crippen MR) is 84.3 cm³/mol. The average Bonchev–Trinajstić information content (AvgIpc) is 2.88. The number of nitrogens with one attached hydrogen (secondary N) is 2. The number of likely N-dealkylation sites (N-methyl/N-ethyl adjacent to an activating group) is 1. The maximum atomic E-state index is 12.3. The van der Waals surface area contributed by atoms with Crippen LogP contribution in [-0.4, -0.2) is 19.5 Å². The lowest BCUT2D eigenvalue weighted by Crippen LogP contribution is -2.24. The Hall–Kier alpha value is -1.65. The number of benzene rings is 1. The summed E-state index contributed by atoms with van der Waals surface area (Å²) in [7, 11) is 1.92. The van der Waals surface area contributed by atoms with E-state index in [4.69, 9.17) is 0 Å². The molecular weight excluding hydrogens is 268 g/mol. The highest BCUT2D eigenvalue weighted by Gasteiger charge is 2.10. The number of amides is 1. The van der Waals surface area contributed by atoms with Gasteiger partial charge in [-0.25, -0.2) is 0 Å². The van der Waals surface area contributed by atoms with Gasteiger partial charge in [0.15, 0.2) is 0 Å². The first kappa shape index (κ1) is 14.8. The van der Waals surface area contributed by atoms with Gasteiger partial charge in [-0.15, -0.1) is 11.3 Å². The molecule has 0 aliphatic heterocycles. The quantitative estimate of drug-likeness (QED) is 0.858. The summed E-state index contributed by atoms with van der Waals surface area (Å²) < 4.78 is 0. The molecule has 0 aliphatic carbocycles. The summed E-state index contributed by atoms with van der Waals surface area (Å²) in [6.45, 7) is 3.54. The SMILES string of the molecule is CNCCc1ccccc1C(=O)NCc1ccc(C)s1. The molecule has 3 nitrogen and oxygen atoms in total. The second-order valence-electron chi connectivity index (χ2n) is 4.71. The zero-order chi connectivity index (χ0) is 14.4. The lowest BCUT2D eigenvalue weighted by Gasteiger charge is -2.09. The minimum atomic E-state index is 0.00255. The molecule has 0 fully saturated rings. The zero-order valence-corrected chi connectivity index (χ0v) is 12.7. The Morgan fingerprint density at radius 1 is 1.20 bits per heavy atom. The van der Waals surface area contributed by atoms with E-state index in [-0.39, 0.29) is 5.91 Å². The summed E-state index contributed by atoms with van der Waals surface area (Å²) in [5, 5.41) is 6.11. The van der Waals surface area contributed by atoms with Crippen molar-refractivity contribution >= 4 is 17.2 Å². The second kappa shape index (κ2) is 7.22. The number of rotatable bonds is 6. The van der Waals surface area contributed by atoms with Crippen molar-refractivity contribution in [3.8, 4) is 0 Å². The molecule has 0 saturated carbocycles. The van der Waals surface area contributed by atoms with Gasteiger partial charge in [0.1, 0.15) is 0 Å². The van der Waals surface area contributed by atoms with E-state index in [2.05, 4.69) is 29.7 Å². The normalized spacial score (nSPS) is 10.5. The van der Waals surface area contributed by atoms with Crippen LogP contribution in [0.5, 0.6) is 0 Å². The number of carbonyl (C=O) groups excluding carboxylic acids is 1. The van der Waals surface area contributed by atoms with Crippen LogP contribution < -0.4 is 10.6 Å². The van der Waals surface area contributed by atoms with Gasteiger partial charge in [-0.3, -0.25) is 4.79 Å². The highest BCUT2D eigenvalue weighted by molar-refractivity contribution is 7.11. The van der Waals surface area contributed by atoms with E-state index in [1.165, 1.54) is 9.75 Å². The van der Waals surface area contributed by atoms with Crippen LogP contribution in [0.1, 0.15) is 25.7 Å². The van der Waals surface area contributed by atoms with Crippen LogP contribution in [0.4, 0.5) is 0 Å². The van der Waals surface area contributed by atoms with Crippen LogP contribution in [0.3, 0.4) is 0 Å². The van der Waals surface area contributed by atoms with E-state index in [1.807, 2.05) is 31.3 Å². The van der Waals surface area contributed by atoms with Crippen molar-refractivity contribution < 1.29 is 4.79 Å². The van der Waals surface area contributed by atoms with Gasteiger partial charge in [0.25, 0.3) is 5.91 Å². The van der Waals surface area contributed by atoms with Crippen LogP contribution in [-0.2, 0) is 13.0 Å². The summed E-state index contributed by atoms with van der Waals surface area (Å²) in [6.07, 6.45) is 0.859. The molecule has 0 radical (unpaired) electrons. The minimum absolute atomic E-state index is 0.00255.